The van der Waals surface area contributed by atoms with E-state index >= 15 is 0 Å². The van der Waals surface area contributed by atoms with Gasteiger partial charge in [0.05, 0.1) is 9.40 Å². The molecule has 0 saturated carbocycles. The van der Waals surface area contributed by atoms with Crippen LogP contribution in [0, 0.1) is 22.9 Å². The summed E-state index contributed by atoms with van der Waals surface area (Å²) in [5, 5.41) is 14.1. The van der Waals surface area contributed by atoms with Crippen LogP contribution < -0.4 is 5.32 Å². The summed E-state index contributed by atoms with van der Waals surface area (Å²) in [5.74, 6) is -0.365. The molecule has 1 aromatic carbocycles. The van der Waals surface area contributed by atoms with Crippen molar-refractivity contribution in [2.75, 3.05) is 11.9 Å². The van der Waals surface area contributed by atoms with E-state index in [2.05, 4.69) is 31.2 Å². The van der Waals surface area contributed by atoms with Gasteiger partial charge in [-0.1, -0.05) is 6.07 Å². The van der Waals surface area contributed by atoms with Crippen molar-refractivity contribution < 1.29 is 9.31 Å². The van der Waals surface area contributed by atoms with Crippen molar-refractivity contribution in [3.05, 3.63) is 44.3 Å². The number of hydrogen-bond donors (Lipinski definition) is 1. The molecular formula is C13H12BrFN4O2. The van der Waals surface area contributed by atoms with Gasteiger partial charge < -0.3 is 5.32 Å². The van der Waals surface area contributed by atoms with Crippen LogP contribution in [0.5, 0.6) is 0 Å². The second kappa shape index (κ2) is 6.13. The van der Waals surface area contributed by atoms with Crippen LogP contribution >= 0.6 is 15.9 Å². The molecule has 0 spiro atoms. The maximum absolute atomic E-state index is 14.2. The first-order valence-electron chi connectivity index (χ1n) is 6.17. The summed E-state index contributed by atoms with van der Waals surface area (Å²) in [6.07, 6.45) is 0. The van der Waals surface area contributed by atoms with Gasteiger partial charge in [-0.25, -0.2) is 14.4 Å². The van der Waals surface area contributed by atoms with Crippen molar-refractivity contribution in [2.45, 2.75) is 13.8 Å². The van der Waals surface area contributed by atoms with E-state index in [-0.39, 0.29) is 33.1 Å². The molecule has 0 bridgehead atoms. The van der Waals surface area contributed by atoms with Gasteiger partial charge in [0.1, 0.15) is 11.5 Å². The number of aromatic nitrogens is 2. The van der Waals surface area contributed by atoms with Crippen molar-refractivity contribution in [3.8, 4) is 11.3 Å². The van der Waals surface area contributed by atoms with Crippen LogP contribution in [0.4, 0.5) is 16.0 Å². The Kier molecular flexibility index (Phi) is 4.46. The Morgan fingerprint density at radius 1 is 1.43 bits per heavy atom. The Hall–Kier alpha value is -2.09. The normalized spacial score (nSPS) is 10.5. The first kappa shape index (κ1) is 15.3. The van der Waals surface area contributed by atoms with Gasteiger partial charge in [0.15, 0.2) is 5.69 Å². The molecule has 0 aliphatic rings. The average molecular weight is 355 g/mol. The van der Waals surface area contributed by atoms with Gasteiger partial charge in [0.2, 0.25) is 5.95 Å². The Balaban J connectivity index is 2.75. The SMILES string of the molecule is CCNc1nc(C)c([N+](=O)[O-])c(-c2cccc(Br)c2F)n1. The number of benzene rings is 1. The molecule has 0 amide bonds. The van der Waals surface area contributed by atoms with Gasteiger partial charge >= 0.3 is 5.69 Å². The van der Waals surface area contributed by atoms with Crippen LogP contribution in [0.15, 0.2) is 22.7 Å². The molecule has 6 nitrogen and oxygen atoms in total. The lowest BCUT2D eigenvalue weighted by atomic mass is 10.1. The lowest BCUT2D eigenvalue weighted by Gasteiger charge is -2.09. The zero-order valence-corrected chi connectivity index (χ0v) is 12.9. The Morgan fingerprint density at radius 3 is 2.76 bits per heavy atom. The first-order valence-corrected chi connectivity index (χ1v) is 6.96. The monoisotopic (exact) mass is 354 g/mol. The number of nitrogens with zero attached hydrogens (tertiary/aromatic N) is 3. The van der Waals surface area contributed by atoms with Crippen molar-refractivity contribution in [2.24, 2.45) is 0 Å². The van der Waals surface area contributed by atoms with Gasteiger partial charge in [-0.15, -0.1) is 0 Å². The number of anilines is 1. The summed E-state index contributed by atoms with van der Waals surface area (Å²) in [6, 6.07) is 4.56. The topological polar surface area (TPSA) is 81.0 Å². The number of rotatable bonds is 4. The van der Waals surface area contributed by atoms with Gasteiger partial charge in [-0.2, -0.15) is 0 Å². The van der Waals surface area contributed by atoms with Crippen molar-refractivity contribution in [3.63, 3.8) is 0 Å². The van der Waals surface area contributed by atoms with E-state index in [1.807, 2.05) is 6.92 Å². The van der Waals surface area contributed by atoms with Gasteiger partial charge in [-0.3, -0.25) is 10.1 Å². The summed E-state index contributed by atoms with van der Waals surface area (Å²) in [7, 11) is 0. The van der Waals surface area contributed by atoms with Crippen LogP contribution in [-0.2, 0) is 0 Å². The van der Waals surface area contributed by atoms with E-state index in [1.165, 1.54) is 19.1 Å². The highest BCUT2D eigenvalue weighted by molar-refractivity contribution is 9.10. The molecule has 0 atom stereocenters. The minimum absolute atomic E-state index is 0.0396. The van der Waals surface area contributed by atoms with Gasteiger partial charge in [0.25, 0.3) is 0 Å². The second-order valence-corrected chi connectivity index (χ2v) is 5.07. The zero-order chi connectivity index (χ0) is 15.6. The highest BCUT2D eigenvalue weighted by Crippen LogP contribution is 2.34. The minimum Gasteiger partial charge on any atom is -0.354 e. The fourth-order valence-electron chi connectivity index (χ4n) is 1.90. The van der Waals surface area contributed by atoms with E-state index in [1.54, 1.807) is 6.07 Å². The summed E-state index contributed by atoms with van der Waals surface area (Å²) < 4.78 is 14.4. The predicted octanol–water partition coefficient (Wildman–Crippen LogP) is 3.69. The third kappa shape index (κ3) is 2.99. The third-order valence-corrected chi connectivity index (χ3v) is 3.39. The zero-order valence-electron chi connectivity index (χ0n) is 11.4. The smallest absolute Gasteiger partial charge is 0.316 e. The molecule has 0 aliphatic carbocycles. The highest BCUT2D eigenvalue weighted by Gasteiger charge is 2.25. The van der Waals surface area contributed by atoms with Crippen LogP contribution in [0.3, 0.4) is 0 Å². The van der Waals surface area contributed by atoms with Crippen molar-refractivity contribution in [1.82, 2.24) is 9.97 Å². The molecule has 1 heterocycles. The summed E-state index contributed by atoms with van der Waals surface area (Å²) in [4.78, 5) is 18.8. The first-order chi connectivity index (χ1) is 9.95. The Labute approximate surface area is 128 Å². The fraction of sp³-hybridized carbons (Fsp3) is 0.231. The quantitative estimate of drug-likeness (QED) is 0.668. The standard InChI is InChI=1S/C13H12BrFN4O2/c1-3-16-13-17-7(2)12(19(20)21)11(18-13)8-5-4-6-9(14)10(8)15/h4-6H,3H2,1-2H3,(H,16,17,18). The van der Waals surface area contributed by atoms with Gasteiger partial charge in [0, 0.05) is 12.1 Å². The number of halogens is 2. The molecule has 1 N–H and O–H groups in total. The summed E-state index contributed by atoms with van der Waals surface area (Å²) in [5.41, 5.74) is -0.100. The molecular weight excluding hydrogens is 343 g/mol. The molecule has 2 aromatic rings. The lowest BCUT2D eigenvalue weighted by molar-refractivity contribution is -0.385. The molecule has 8 heteroatoms. The van der Waals surface area contributed by atoms with E-state index in [0.717, 1.165) is 0 Å². The summed E-state index contributed by atoms with van der Waals surface area (Å²) in [6.45, 7) is 3.90. The maximum Gasteiger partial charge on any atom is 0.316 e. The Bertz CT molecular complexity index is 709. The minimum atomic E-state index is -0.596. The van der Waals surface area contributed by atoms with Crippen LogP contribution in [-0.4, -0.2) is 21.4 Å². The Morgan fingerprint density at radius 2 is 2.14 bits per heavy atom. The molecule has 0 aliphatic heterocycles. The average Bonchev–Trinajstić information content (AvgIpc) is 2.41. The molecule has 2 rings (SSSR count). The largest absolute Gasteiger partial charge is 0.354 e. The van der Waals surface area contributed by atoms with E-state index < -0.39 is 10.7 Å². The van der Waals surface area contributed by atoms with E-state index in [9.17, 15) is 14.5 Å². The molecule has 110 valence electrons. The lowest BCUT2D eigenvalue weighted by Crippen LogP contribution is -2.08. The van der Waals surface area contributed by atoms with Crippen LogP contribution in [0.2, 0.25) is 0 Å². The van der Waals surface area contributed by atoms with E-state index in [4.69, 9.17) is 0 Å². The predicted molar refractivity (Wildman–Crippen MR) is 80.7 cm³/mol. The fourth-order valence-corrected chi connectivity index (χ4v) is 2.26. The molecule has 0 saturated heterocycles. The van der Waals surface area contributed by atoms with Crippen LogP contribution in [0.25, 0.3) is 11.3 Å². The third-order valence-electron chi connectivity index (χ3n) is 2.78. The molecule has 1 aromatic heterocycles. The van der Waals surface area contributed by atoms with E-state index in [0.29, 0.717) is 6.54 Å². The molecule has 21 heavy (non-hydrogen) atoms. The van der Waals surface area contributed by atoms with Crippen LogP contribution in [0.1, 0.15) is 12.6 Å². The number of hydrogen-bond acceptors (Lipinski definition) is 5. The van der Waals surface area contributed by atoms with Crippen molar-refractivity contribution >= 4 is 27.6 Å². The van der Waals surface area contributed by atoms with Gasteiger partial charge in [-0.05, 0) is 41.9 Å². The molecule has 0 fully saturated rings. The maximum atomic E-state index is 14.2. The second-order valence-electron chi connectivity index (χ2n) is 4.22. The molecule has 0 unspecified atom stereocenters. The summed E-state index contributed by atoms with van der Waals surface area (Å²) >= 11 is 3.07. The number of aryl methyl sites for hydroxylation is 1. The highest BCUT2D eigenvalue weighted by atomic mass is 79.9. The van der Waals surface area contributed by atoms with Crippen molar-refractivity contribution in [1.29, 1.82) is 0 Å². The number of nitro groups is 1. The number of nitrogens with one attached hydrogen (secondary N) is 1. The molecule has 0 radical (unpaired) electrons.